The van der Waals surface area contributed by atoms with Crippen molar-refractivity contribution in [2.75, 3.05) is 13.7 Å². The molecule has 0 spiro atoms. The Morgan fingerprint density at radius 3 is 2.88 bits per heavy atom. The number of ether oxygens (including phenoxy) is 1. The maximum atomic E-state index is 12.8. The number of rotatable bonds is 5. The van der Waals surface area contributed by atoms with Crippen LogP contribution < -0.4 is 0 Å². The Bertz CT molecular complexity index is 383. The summed E-state index contributed by atoms with van der Waals surface area (Å²) in [7, 11) is 1.42. The Hall–Kier alpha value is -1.53. The number of nitro benzene ring substituents is 1. The zero-order chi connectivity index (χ0) is 12.1. The van der Waals surface area contributed by atoms with Crippen LogP contribution >= 0.6 is 0 Å². The minimum atomic E-state index is -0.839. The fourth-order valence-electron chi connectivity index (χ4n) is 1.38. The molecular formula is C10H12FNO4. The lowest BCUT2D eigenvalue weighted by Crippen LogP contribution is -2.17. The first-order valence-electron chi connectivity index (χ1n) is 4.64. The van der Waals surface area contributed by atoms with Crippen molar-refractivity contribution in [3.63, 3.8) is 0 Å². The number of nitrogens with zero attached hydrogens (tertiary/aromatic N) is 1. The second-order valence-electron chi connectivity index (χ2n) is 3.34. The van der Waals surface area contributed by atoms with E-state index in [1.807, 2.05) is 0 Å². The van der Waals surface area contributed by atoms with Gasteiger partial charge in [0, 0.05) is 19.1 Å². The number of aliphatic hydroxyl groups is 1. The zero-order valence-corrected chi connectivity index (χ0v) is 8.72. The Kier molecular flexibility index (Phi) is 4.33. The maximum Gasteiger partial charge on any atom is 0.275 e. The predicted octanol–water partition coefficient (Wildman–Crippen LogP) is 1.28. The average Bonchev–Trinajstić information content (AvgIpc) is 2.20. The van der Waals surface area contributed by atoms with Crippen LogP contribution in [0.4, 0.5) is 10.1 Å². The third kappa shape index (κ3) is 3.25. The molecule has 6 heteroatoms. The van der Waals surface area contributed by atoms with Crippen LogP contribution in [0.3, 0.4) is 0 Å². The van der Waals surface area contributed by atoms with Crippen molar-refractivity contribution in [3.8, 4) is 0 Å². The molecule has 1 unspecified atom stereocenters. The van der Waals surface area contributed by atoms with E-state index < -0.39 is 16.8 Å². The van der Waals surface area contributed by atoms with Crippen LogP contribution in [0.25, 0.3) is 0 Å². The number of hydrogen-bond donors (Lipinski definition) is 1. The number of benzene rings is 1. The van der Waals surface area contributed by atoms with Gasteiger partial charge in [-0.05, 0) is 12.1 Å². The molecule has 5 nitrogen and oxygen atoms in total. The van der Waals surface area contributed by atoms with E-state index in [2.05, 4.69) is 0 Å². The minimum absolute atomic E-state index is 0.0600. The first-order valence-corrected chi connectivity index (χ1v) is 4.64. The normalized spacial score (nSPS) is 12.4. The first kappa shape index (κ1) is 12.5. The average molecular weight is 229 g/mol. The van der Waals surface area contributed by atoms with Gasteiger partial charge in [-0.1, -0.05) is 0 Å². The quantitative estimate of drug-likeness (QED) is 0.609. The van der Waals surface area contributed by atoms with E-state index in [-0.39, 0.29) is 24.3 Å². The Labute approximate surface area is 91.6 Å². The van der Waals surface area contributed by atoms with Crippen LogP contribution in [-0.4, -0.2) is 29.9 Å². The van der Waals surface area contributed by atoms with E-state index in [0.29, 0.717) is 0 Å². The summed E-state index contributed by atoms with van der Waals surface area (Å²) in [6.07, 6.45) is -0.779. The summed E-state index contributed by atoms with van der Waals surface area (Å²) in [6.45, 7) is 0.0779. The molecule has 0 saturated carbocycles. The lowest BCUT2D eigenvalue weighted by Gasteiger charge is -2.09. The summed E-state index contributed by atoms with van der Waals surface area (Å²) in [5, 5.41) is 20.1. The highest BCUT2D eigenvalue weighted by Gasteiger charge is 2.17. The van der Waals surface area contributed by atoms with Crippen LogP contribution in [0.2, 0.25) is 0 Å². The number of aliphatic hydroxyl groups excluding tert-OH is 1. The highest BCUT2D eigenvalue weighted by Crippen LogP contribution is 2.21. The number of methoxy groups -OCH3 is 1. The topological polar surface area (TPSA) is 72.6 Å². The van der Waals surface area contributed by atoms with E-state index >= 15 is 0 Å². The molecule has 16 heavy (non-hydrogen) atoms. The number of halogens is 1. The summed E-state index contributed by atoms with van der Waals surface area (Å²) >= 11 is 0. The van der Waals surface area contributed by atoms with Gasteiger partial charge in [-0.15, -0.1) is 0 Å². The molecule has 1 N–H and O–H groups in total. The van der Waals surface area contributed by atoms with Gasteiger partial charge in [0.2, 0.25) is 0 Å². The van der Waals surface area contributed by atoms with Crippen molar-refractivity contribution in [1.82, 2.24) is 0 Å². The molecular weight excluding hydrogens is 217 g/mol. The van der Waals surface area contributed by atoms with Gasteiger partial charge in [0.25, 0.3) is 5.69 Å². The standard InChI is InChI=1S/C10H12FNO4/c1-16-6-9(13)4-7-2-3-8(11)5-10(7)12(14)15/h2-3,5,9,13H,4,6H2,1H3. The molecule has 0 radical (unpaired) electrons. The lowest BCUT2D eigenvalue weighted by atomic mass is 10.1. The summed E-state index contributed by atoms with van der Waals surface area (Å²) in [6, 6.07) is 3.27. The van der Waals surface area contributed by atoms with Crippen LogP contribution in [0.1, 0.15) is 5.56 Å². The van der Waals surface area contributed by atoms with Gasteiger partial charge in [-0.3, -0.25) is 10.1 Å². The summed E-state index contributed by atoms with van der Waals surface area (Å²) < 4.78 is 17.5. The molecule has 0 heterocycles. The van der Waals surface area contributed by atoms with Crippen molar-refractivity contribution in [2.45, 2.75) is 12.5 Å². The lowest BCUT2D eigenvalue weighted by molar-refractivity contribution is -0.385. The van der Waals surface area contributed by atoms with Crippen LogP contribution in [0.5, 0.6) is 0 Å². The third-order valence-corrected chi connectivity index (χ3v) is 2.06. The van der Waals surface area contributed by atoms with Gasteiger partial charge < -0.3 is 9.84 Å². The second kappa shape index (κ2) is 5.53. The van der Waals surface area contributed by atoms with Gasteiger partial charge in [-0.25, -0.2) is 4.39 Å². The largest absolute Gasteiger partial charge is 0.390 e. The summed E-state index contributed by atoms with van der Waals surface area (Å²) in [5.41, 5.74) is -0.0360. The van der Waals surface area contributed by atoms with Crippen molar-refractivity contribution in [1.29, 1.82) is 0 Å². The summed E-state index contributed by atoms with van der Waals surface area (Å²) in [4.78, 5) is 9.97. The Morgan fingerprint density at radius 2 is 2.31 bits per heavy atom. The maximum absolute atomic E-state index is 12.8. The van der Waals surface area contributed by atoms with Crippen molar-refractivity contribution < 1.29 is 19.2 Å². The van der Waals surface area contributed by atoms with Crippen molar-refractivity contribution >= 4 is 5.69 Å². The predicted molar refractivity (Wildman–Crippen MR) is 54.6 cm³/mol. The molecule has 0 aromatic heterocycles. The third-order valence-electron chi connectivity index (χ3n) is 2.06. The minimum Gasteiger partial charge on any atom is -0.390 e. The second-order valence-corrected chi connectivity index (χ2v) is 3.34. The molecule has 1 atom stereocenters. The molecule has 88 valence electrons. The monoisotopic (exact) mass is 229 g/mol. The molecule has 1 aromatic carbocycles. The van der Waals surface area contributed by atoms with E-state index in [1.165, 1.54) is 13.2 Å². The molecule has 0 saturated heterocycles. The molecule has 1 aromatic rings. The molecule has 0 aliphatic rings. The van der Waals surface area contributed by atoms with Crippen LogP contribution in [-0.2, 0) is 11.2 Å². The molecule has 0 amide bonds. The van der Waals surface area contributed by atoms with Gasteiger partial charge >= 0.3 is 0 Å². The van der Waals surface area contributed by atoms with Crippen molar-refractivity contribution in [3.05, 3.63) is 39.7 Å². The smallest absolute Gasteiger partial charge is 0.275 e. The molecule has 0 aliphatic carbocycles. The molecule has 1 rings (SSSR count). The van der Waals surface area contributed by atoms with Gasteiger partial charge in [0.1, 0.15) is 5.82 Å². The Balaban J connectivity index is 2.90. The fraction of sp³-hybridized carbons (Fsp3) is 0.400. The van der Waals surface area contributed by atoms with Gasteiger partial charge in [-0.2, -0.15) is 0 Å². The van der Waals surface area contributed by atoms with E-state index in [9.17, 15) is 19.6 Å². The SMILES string of the molecule is COCC(O)Cc1ccc(F)cc1[N+](=O)[O-]. The Morgan fingerprint density at radius 1 is 1.62 bits per heavy atom. The fourth-order valence-corrected chi connectivity index (χ4v) is 1.38. The summed E-state index contributed by atoms with van der Waals surface area (Å²) in [5.74, 6) is -0.670. The van der Waals surface area contributed by atoms with Gasteiger partial charge in [0.15, 0.2) is 0 Å². The van der Waals surface area contributed by atoms with Crippen LogP contribution in [0.15, 0.2) is 18.2 Å². The van der Waals surface area contributed by atoms with Gasteiger partial charge in [0.05, 0.1) is 23.7 Å². The van der Waals surface area contributed by atoms with E-state index in [0.717, 1.165) is 12.1 Å². The van der Waals surface area contributed by atoms with Crippen LogP contribution in [0, 0.1) is 15.9 Å². The van der Waals surface area contributed by atoms with E-state index in [1.54, 1.807) is 0 Å². The molecule has 0 aliphatic heterocycles. The number of hydrogen-bond acceptors (Lipinski definition) is 4. The molecule has 0 bridgehead atoms. The zero-order valence-electron chi connectivity index (χ0n) is 8.72. The highest BCUT2D eigenvalue weighted by atomic mass is 19.1. The highest BCUT2D eigenvalue weighted by molar-refractivity contribution is 5.40. The van der Waals surface area contributed by atoms with Crippen molar-refractivity contribution in [2.24, 2.45) is 0 Å². The first-order chi connectivity index (χ1) is 7.54. The van der Waals surface area contributed by atoms with E-state index in [4.69, 9.17) is 4.74 Å². The molecule has 0 fully saturated rings. The number of nitro groups is 1.